The average molecular weight is 430 g/mol. The van der Waals surface area contributed by atoms with E-state index in [-0.39, 0.29) is 12.5 Å². The molecule has 4 heterocycles. The lowest BCUT2D eigenvalue weighted by atomic mass is 10.1. The number of imidazole rings is 1. The molecule has 1 fully saturated rings. The summed E-state index contributed by atoms with van der Waals surface area (Å²) in [5.41, 5.74) is 2.94. The summed E-state index contributed by atoms with van der Waals surface area (Å²) in [6.07, 6.45) is 5.38. The second-order valence-electron chi connectivity index (χ2n) is 7.33. The number of ether oxygens (including phenoxy) is 1. The maximum atomic E-state index is 11.3. The summed E-state index contributed by atoms with van der Waals surface area (Å²) in [5.74, 6) is 0.784. The van der Waals surface area contributed by atoms with Crippen molar-refractivity contribution in [1.82, 2.24) is 30.2 Å². The number of nitrogens with zero attached hydrogens (tertiary/aromatic N) is 4. The maximum absolute atomic E-state index is 11.3. The minimum atomic E-state index is -0.217. The Hall–Kier alpha value is -2.91. The molecular weight excluding hydrogens is 406 g/mol. The molecule has 0 unspecified atom stereocenters. The quantitative estimate of drug-likeness (QED) is 0.551. The van der Waals surface area contributed by atoms with Crippen LogP contribution in [0.15, 0.2) is 24.5 Å². The van der Waals surface area contributed by atoms with Crippen molar-refractivity contribution < 1.29 is 9.53 Å². The summed E-state index contributed by atoms with van der Waals surface area (Å²) in [7, 11) is 3.69. The van der Waals surface area contributed by atoms with E-state index in [1.165, 1.54) is 0 Å². The van der Waals surface area contributed by atoms with Gasteiger partial charge in [0.15, 0.2) is 12.3 Å². The normalized spacial score (nSPS) is 15.3. The third-order valence-corrected chi connectivity index (χ3v) is 5.46. The lowest BCUT2D eigenvalue weighted by molar-refractivity contribution is -0.122. The Morgan fingerprint density at radius 3 is 2.80 bits per heavy atom. The van der Waals surface area contributed by atoms with Gasteiger partial charge in [0.25, 0.3) is 5.91 Å². The summed E-state index contributed by atoms with van der Waals surface area (Å²) in [5, 5.41) is 6.61. The van der Waals surface area contributed by atoms with E-state index in [4.69, 9.17) is 21.3 Å². The van der Waals surface area contributed by atoms with E-state index >= 15 is 0 Å². The predicted molar refractivity (Wildman–Crippen MR) is 116 cm³/mol. The fourth-order valence-electron chi connectivity index (χ4n) is 3.38. The third-order valence-electron chi connectivity index (χ3n) is 5.17. The van der Waals surface area contributed by atoms with Gasteiger partial charge in [0.2, 0.25) is 5.88 Å². The van der Waals surface area contributed by atoms with Gasteiger partial charge in [-0.15, -0.1) is 0 Å². The minimum absolute atomic E-state index is 0.0815. The number of likely N-dealkylation sites (tertiary alicyclic amines) is 1. The Morgan fingerprint density at radius 2 is 2.10 bits per heavy atom. The van der Waals surface area contributed by atoms with E-state index in [1.54, 1.807) is 25.5 Å². The van der Waals surface area contributed by atoms with Gasteiger partial charge in [-0.25, -0.2) is 15.0 Å². The van der Waals surface area contributed by atoms with Crippen LogP contribution in [0.5, 0.6) is 5.88 Å². The van der Waals surface area contributed by atoms with Crippen molar-refractivity contribution >= 4 is 34.4 Å². The van der Waals surface area contributed by atoms with E-state index in [9.17, 15) is 4.79 Å². The summed E-state index contributed by atoms with van der Waals surface area (Å²) in [6, 6.07) is 3.88. The number of fused-ring (bicyclic) bond motifs is 1. The Balaban J connectivity index is 1.55. The van der Waals surface area contributed by atoms with Crippen LogP contribution in [-0.2, 0) is 4.79 Å². The van der Waals surface area contributed by atoms with Crippen molar-refractivity contribution in [3.63, 3.8) is 0 Å². The second-order valence-corrected chi connectivity index (χ2v) is 7.74. The number of nitrogens with one attached hydrogen (secondary N) is 3. The first kappa shape index (κ1) is 20.4. The Morgan fingerprint density at radius 1 is 1.30 bits per heavy atom. The number of aromatic nitrogens is 4. The van der Waals surface area contributed by atoms with E-state index in [1.807, 2.05) is 6.07 Å². The molecular formula is C20H24ClN7O2. The zero-order valence-corrected chi connectivity index (χ0v) is 17.7. The van der Waals surface area contributed by atoms with Gasteiger partial charge in [-0.05, 0) is 39.0 Å². The molecule has 1 amide bonds. The van der Waals surface area contributed by atoms with E-state index < -0.39 is 0 Å². The first-order chi connectivity index (χ1) is 14.5. The molecule has 158 valence electrons. The van der Waals surface area contributed by atoms with Crippen molar-refractivity contribution in [3.8, 4) is 17.3 Å². The molecule has 0 aromatic carbocycles. The molecule has 9 nitrogen and oxygen atoms in total. The van der Waals surface area contributed by atoms with Crippen molar-refractivity contribution in [2.24, 2.45) is 0 Å². The highest BCUT2D eigenvalue weighted by Gasteiger charge is 2.20. The van der Waals surface area contributed by atoms with Crippen LogP contribution in [0.4, 0.5) is 5.69 Å². The lowest BCUT2D eigenvalue weighted by Gasteiger charge is -2.30. The first-order valence-electron chi connectivity index (χ1n) is 9.82. The number of aromatic amines is 1. The summed E-state index contributed by atoms with van der Waals surface area (Å²) < 4.78 is 5.34. The van der Waals surface area contributed by atoms with Gasteiger partial charge in [-0.2, -0.15) is 0 Å². The molecule has 0 atom stereocenters. The summed E-state index contributed by atoms with van der Waals surface area (Å²) in [6.45, 7) is 2.02. The molecule has 0 spiro atoms. The van der Waals surface area contributed by atoms with Crippen LogP contribution in [-0.4, -0.2) is 70.6 Å². The number of carbonyl (C=O) groups is 1. The molecule has 0 radical (unpaired) electrons. The fourth-order valence-corrected chi connectivity index (χ4v) is 3.57. The molecule has 0 bridgehead atoms. The Bertz CT molecular complexity index is 1030. The number of likely N-dealkylation sites (N-methyl/N-ethyl adjacent to an activating group) is 1. The predicted octanol–water partition coefficient (Wildman–Crippen LogP) is 2.30. The molecule has 1 aliphatic rings. The number of anilines is 1. The molecule has 1 saturated heterocycles. The van der Waals surface area contributed by atoms with Crippen LogP contribution in [0, 0.1) is 0 Å². The number of piperidine rings is 1. The molecule has 10 heteroatoms. The van der Waals surface area contributed by atoms with Gasteiger partial charge in [0.1, 0.15) is 11.3 Å². The molecule has 1 aliphatic heterocycles. The molecule has 4 rings (SSSR count). The van der Waals surface area contributed by atoms with Gasteiger partial charge in [0.05, 0.1) is 16.9 Å². The standard InChI is InChI=1S/C20H24ClN7O2/c1-22-15(29)11-30-16-4-3-12(9-23-16)19-26-18-17(14(21)10-24-20(18)27-19)25-13-5-7-28(2)8-6-13/h3-4,9-10,13H,5-8,11H2,1-2H3,(H,22,29)(H2,24,25,26,27). The highest BCUT2D eigenvalue weighted by atomic mass is 35.5. The molecule has 3 aromatic rings. The van der Waals surface area contributed by atoms with E-state index in [0.29, 0.717) is 33.9 Å². The second kappa shape index (κ2) is 8.85. The zero-order chi connectivity index (χ0) is 21.1. The zero-order valence-electron chi connectivity index (χ0n) is 16.9. The number of rotatable bonds is 6. The van der Waals surface area contributed by atoms with Crippen molar-refractivity contribution in [2.45, 2.75) is 18.9 Å². The van der Waals surface area contributed by atoms with Crippen LogP contribution in [0.2, 0.25) is 5.02 Å². The van der Waals surface area contributed by atoms with Crippen LogP contribution in [0.1, 0.15) is 12.8 Å². The third kappa shape index (κ3) is 4.47. The molecule has 3 aromatic heterocycles. The van der Waals surface area contributed by atoms with Crippen molar-refractivity contribution in [2.75, 3.05) is 39.1 Å². The average Bonchev–Trinajstić information content (AvgIpc) is 3.20. The number of halogens is 1. The van der Waals surface area contributed by atoms with Crippen LogP contribution in [0.3, 0.4) is 0 Å². The van der Waals surface area contributed by atoms with Crippen molar-refractivity contribution in [1.29, 1.82) is 0 Å². The van der Waals surface area contributed by atoms with Crippen LogP contribution in [0.25, 0.3) is 22.6 Å². The maximum Gasteiger partial charge on any atom is 0.257 e. The highest BCUT2D eigenvalue weighted by Crippen LogP contribution is 2.32. The number of pyridine rings is 2. The lowest BCUT2D eigenvalue weighted by Crippen LogP contribution is -2.36. The number of carbonyl (C=O) groups excluding carboxylic acids is 1. The van der Waals surface area contributed by atoms with E-state index in [0.717, 1.165) is 37.2 Å². The molecule has 0 saturated carbocycles. The minimum Gasteiger partial charge on any atom is -0.468 e. The molecule has 30 heavy (non-hydrogen) atoms. The van der Waals surface area contributed by atoms with Gasteiger partial charge in [-0.3, -0.25) is 4.79 Å². The molecule has 0 aliphatic carbocycles. The van der Waals surface area contributed by atoms with Crippen molar-refractivity contribution in [3.05, 3.63) is 29.5 Å². The molecule has 3 N–H and O–H groups in total. The number of amides is 1. The van der Waals surface area contributed by atoms with Crippen LogP contribution >= 0.6 is 11.6 Å². The SMILES string of the molecule is CNC(=O)COc1ccc(-c2nc3c(NC4CCN(C)CC4)c(Cl)cnc3[nH]2)cn1. The Kier molecular flexibility index (Phi) is 6.01. The monoisotopic (exact) mass is 429 g/mol. The number of hydrogen-bond acceptors (Lipinski definition) is 7. The summed E-state index contributed by atoms with van der Waals surface area (Å²) >= 11 is 6.45. The first-order valence-corrected chi connectivity index (χ1v) is 10.2. The Labute approximate surface area is 179 Å². The van der Waals surface area contributed by atoms with E-state index in [2.05, 4.69) is 37.5 Å². The number of hydrogen-bond donors (Lipinski definition) is 3. The largest absolute Gasteiger partial charge is 0.468 e. The van der Waals surface area contributed by atoms with Gasteiger partial charge >= 0.3 is 0 Å². The number of H-pyrrole nitrogens is 1. The fraction of sp³-hybridized carbons (Fsp3) is 0.400. The van der Waals surface area contributed by atoms with Crippen LogP contribution < -0.4 is 15.4 Å². The topological polar surface area (TPSA) is 108 Å². The van der Waals surface area contributed by atoms with Gasteiger partial charge < -0.3 is 25.3 Å². The highest BCUT2D eigenvalue weighted by molar-refractivity contribution is 6.34. The van der Waals surface area contributed by atoms with Gasteiger partial charge in [-0.1, -0.05) is 11.6 Å². The van der Waals surface area contributed by atoms with Gasteiger partial charge in [0, 0.05) is 30.9 Å². The smallest absolute Gasteiger partial charge is 0.257 e. The summed E-state index contributed by atoms with van der Waals surface area (Å²) in [4.78, 5) is 30.2.